The third-order valence-corrected chi connectivity index (χ3v) is 4.62. The predicted octanol–water partition coefficient (Wildman–Crippen LogP) is 5.13. The van der Waals surface area contributed by atoms with Crippen molar-refractivity contribution in [1.82, 2.24) is 4.90 Å². The molecule has 2 rings (SSSR count). The highest BCUT2D eigenvalue weighted by atomic mass is 79.9. The first-order chi connectivity index (χ1) is 8.70. The Morgan fingerprint density at radius 1 is 1.28 bits per heavy atom. The van der Waals surface area contributed by atoms with Gasteiger partial charge in [0.1, 0.15) is 0 Å². The molecule has 0 aromatic heterocycles. The molecule has 4 heteroatoms. The molecule has 1 aromatic carbocycles. The van der Waals surface area contributed by atoms with Crippen LogP contribution < -0.4 is 0 Å². The van der Waals surface area contributed by atoms with Crippen molar-refractivity contribution in [2.45, 2.75) is 38.3 Å². The highest BCUT2D eigenvalue weighted by Crippen LogP contribution is 2.26. The second-order valence-corrected chi connectivity index (χ2v) is 6.47. The second-order valence-electron chi connectivity index (χ2n) is 4.83. The van der Waals surface area contributed by atoms with Crippen molar-refractivity contribution in [2.75, 3.05) is 11.9 Å². The molecule has 1 heterocycles. The smallest absolute Gasteiger partial charge is 0.0465 e. The number of benzene rings is 1. The van der Waals surface area contributed by atoms with E-state index >= 15 is 0 Å². The van der Waals surface area contributed by atoms with Gasteiger partial charge in [-0.25, -0.2) is 0 Å². The van der Waals surface area contributed by atoms with Crippen LogP contribution in [-0.2, 0) is 6.54 Å². The number of alkyl halides is 1. The first-order valence-electron chi connectivity index (χ1n) is 6.44. The summed E-state index contributed by atoms with van der Waals surface area (Å²) in [6.45, 7) is 2.12. The van der Waals surface area contributed by atoms with Crippen LogP contribution in [0.5, 0.6) is 0 Å². The molecule has 0 saturated carbocycles. The molecule has 0 spiro atoms. The number of halogens is 3. The highest BCUT2D eigenvalue weighted by Gasteiger charge is 2.22. The summed E-state index contributed by atoms with van der Waals surface area (Å²) in [5, 5.41) is 2.56. The van der Waals surface area contributed by atoms with Crippen molar-refractivity contribution in [3.8, 4) is 0 Å². The summed E-state index contributed by atoms with van der Waals surface area (Å²) in [6.07, 6.45) is 5.16. The molecule has 0 radical (unpaired) electrons. The maximum atomic E-state index is 6.25. The monoisotopic (exact) mass is 349 g/mol. The third kappa shape index (κ3) is 3.86. The summed E-state index contributed by atoms with van der Waals surface area (Å²) < 4.78 is 0. The zero-order valence-electron chi connectivity index (χ0n) is 10.3. The topological polar surface area (TPSA) is 3.24 Å². The summed E-state index contributed by atoms with van der Waals surface area (Å²) in [5.41, 5.74) is 1.18. The Kier molecular flexibility index (Phi) is 5.81. The fourth-order valence-corrected chi connectivity index (χ4v) is 3.59. The molecule has 1 aliphatic heterocycles. The van der Waals surface area contributed by atoms with Gasteiger partial charge in [0, 0.05) is 28.0 Å². The molecule has 1 nitrogen and oxygen atoms in total. The van der Waals surface area contributed by atoms with Crippen molar-refractivity contribution in [3.63, 3.8) is 0 Å². The molecule has 0 amide bonds. The summed E-state index contributed by atoms with van der Waals surface area (Å²) >= 11 is 15.7. The summed E-state index contributed by atoms with van der Waals surface area (Å²) in [5.74, 6) is 0. The van der Waals surface area contributed by atoms with Gasteiger partial charge in [0.25, 0.3) is 0 Å². The van der Waals surface area contributed by atoms with Crippen LogP contribution >= 0.6 is 39.1 Å². The standard InChI is InChI=1S/C14H18BrCl2N/c15-7-6-13-3-1-2-8-18(13)10-11-4-5-12(16)9-14(11)17/h4-5,9,13H,1-3,6-8,10H2. The lowest BCUT2D eigenvalue weighted by Gasteiger charge is -2.35. The largest absolute Gasteiger partial charge is 0.296 e. The van der Waals surface area contributed by atoms with E-state index < -0.39 is 0 Å². The van der Waals surface area contributed by atoms with Crippen molar-refractivity contribution in [1.29, 1.82) is 0 Å². The summed E-state index contributed by atoms with van der Waals surface area (Å²) in [7, 11) is 0. The molecule has 1 aromatic rings. The molecule has 1 unspecified atom stereocenters. The Labute approximate surface area is 128 Å². The molecule has 100 valence electrons. The van der Waals surface area contributed by atoms with Crippen molar-refractivity contribution in [3.05, 3.63) is 33.8 Å². The molecule has 18 heavy (non-hydrogen) atoms. The maximum absolute atomic E-state index is 6.25. The van der Waals surface area contributed by atoms with E-state index in [1.54, 1.807) is 0 Å². The minimum atomic E-state index is 0.685. The fourth-order valence-electron chi connectivity index (χ4n) is 2.59. The van der Waals surface area contributed by atoms with Crippen LogP contribution in [0, 0.1) is 0 Å². The van der Waals surface area contributed by atoms with E-state index in [0.29, 0.717) is 11.1 Å². The van der Waals surface area contributed by atoms with E-state index in [-0.39, 0.29) is 0 Å². The van der Waals surface area contributed by atoms with E-state index in [1.165, 1.54) is 37.8 Å². The zero-order chi connectivity index (χ0) is 13.0. The second kappa shape index (κ2) is 7.14. The van der Waals surface area contributed by atoms with Crippen LogP contribution in [0.3, 0.4) is 0 Å². The van der Waals surface area contributed by atoms with Crippen LogP contribution in [0.25, 0.3) is 0 Å². The lowest BCUT2D eigenvalue weighted by Crippen LogP contribution is -2.39. The number of likely N-dealkylation sites (tertiary alicyclic amines) is 1. The molecule has 0 N–H and O–H groups in total. The quantitative estimate of drug-likeness (QED) is 0.680. The van der Waals surface area contributed by atoms with Crippen molar-refractivity contribution >= 4 is 39.1 Å². The van der Waals surface area contributed by atoms with E-state index in [2.05, 4.69) is 20.8 Å². The Balaban J connectivity index is 2.06. The molecular formula is C14H18BrCl2N. The molecule has 0 bridgehead atoms. The van der Waals surface area contributed by atoms with Gasteiger partial charge in [-0.1, -0.05) is 51.6 Å². The van der Waals surface area contributed by atoms with Gasteiger partial charge in [-0.2, -0.15) is 0 Å². The maximum Gasteiger partial charge on any atom is 0.0465 e. The lowest BCUT2D eigenvalue weighted by molar-refractivity contribution is 0.137. The van der Waals surface area contributed by atoms with Crippen molar-refractivity contribution in [2.24, 2.45) is 0 Å². The Morgan fingerprint density at radius 2 is 2.11 bits per heavy atom. The molecule has 1 saturated heterocycles. The Hall–Kier alpha value is 0.240. The predicted molar refractivity (Wildman–Crippen MR) is 82.9 cm³/mol. The van der Waals surface area contributed by atoms with Gasteiger partial charge in [-0.05, 0) is 43.5 Å². The minimum absolute atomic E-state index is 0.685. The average molecular weight is 351 g/mol. The highest BCUT2D eigenvalue weighted by molar-refractivity contribution is 9.09. The van der Waals surface area contributed by atoms with Gasteiger partial charge in [0.15, 0.2) is 0 Å². The lowest BCUT2D eigenvalue weighted by atomic mass is 9.99. The van der Waals surface area contributed by atoms with Gasteiger partial charge in [-0.15, -0.1) is 0 Å². The van der Waals surface area contributed by atoms with Crippen LogP contribution in [0.1, 0.15) is 31.2 Å². The zero-order valence-corrected chi connectivity index (χ0v) is 13.4. The molecule has 1 aliphatic rings. The first-order valence-corrected chi connectivity index (χ1v) is 8.32. The number of nitrogens with zero attached hydrogens (tertiary/aromatic N) is 1. The average Bonchev–Trinajstić information content (AvgIpc) is 2.35. The van der Waals surface area contributed by atoms with Crippen LogP contribution in [-0.4, -0.2) is 22.8 Å². The molecule has 1 atom stereocenters. The van der Waals surface area contributed by atoms with E-state index in [9.17, 15) is 0 Å². The molecular weight excluding hydrogens is 333 g/mol. The number of hydrogen-bond acceptors (Lipinski definition) is 1. The van der Waals surface area contributed by atoms with Gasteiger partial charge >= 0.3 is 0 Å². The number of piperidine rings is 1. The normalized spacial score (nSPS) is 21.2. The third-order valence-electron chi connectivity index (χ3n) is 3.58. The van der Waals surface area contributed by atoms with E-state index in [4.69, 9.17) is 23.2 Å². The molecule has 1 fully saturated rings. The fraction of sp³-hybridized carbons (Fsp3) is 0.571. The number of hydrogen-bond donors (Lipinski definition) is 0. The van der Waals surface area contributed by atoms with Gasteiger partial charge in [0.05, 0.1) is 0 Å². The minimum Gasteiger partial charge on any atom is -0.296 e. The van der Waals surface area contributed by atoms with Gasteiger partial charge in [-0.3, -0.25) is 4.90 Å². The van der Waals surface area contributed by atoms with Gasteiger partial charge in [0.2, 0.25) is 0 Å². The van der Waals surface area contributed by atoms with Crippen LogP contribution in [0.4, 0.5) is 0 Å². The number of rotatable bonds is 4. The summed E-state index contributed by atoms with van der Waals surface area (Å²) in [4.78, 5) is 2.56. The van der Waals surface area contributed by atoms with Gasteiger partial charge < -0.3 is 0 Å². The first kappa shape index (κ1) is 14.6. The van der Waals surface area contributed by atoms with E-state index in [0.717, 1.165) is 16.9 Å². The van der Waals surface area contributed by atoms with Crippen LogP contribution in [0.15, 0.2) is 18.2 Å². The Bertz CT molecular complexity index is 395. The Morgan fingerprint density at radius 3 is 2.83 bits per heavy atom. The van der Waals surface area contributed by atoms with E-state index in [1.807, 2.05) is 18.2 Å². The SMILES string of the molecule is Clc1ccc(CN2CCCCC2CCBr)c(Cl)c1. The summed E-state index contributed by atoms with van der Waals surface area (Å²) in [6, 6.07) is 6.49. The molecule has 0 aliphatic carbocycles. The van der Waals surface area contributed by atoms with Crippen molar-refractivity contribution < 1.29 is 0 Å². The van der Waals surface area contributed by atoms with Crippen LogP contribution in [0.2, 0.25) is 10.0 Å².